The van der Waals surface area contributed by atoms with Crippen molar-refractivity contribution >= 4 is 28.4 Å². The molecule has 1 aliphatic rings. The smallest absolute Gasteiger partial charge is 0.416 e. The predicted octanol–water partition coefficient (Wildman–Crippen LogP) is 6.21. The third-order valence-electron chi connectivity index (χ3n) is 6.04. The molecule has 41 heavy (non-hydrogen) atoms. The Morgan fingerprint density at radius 1 is 1.00 bits per heavy atom. The average molecular weight is 562 g/mol. The Bertz CT molecular complexity index is 1650. The zero-order valence-corrected chi connectivity index (χ0v) is 22.4. The van der Waals surface area contributed by atoms with Crippen molar-refractivity contribution in [3.8, 4) is 11.5 Å². The van der Waals surface area contributed by atoms with Crippen LogP contribution in [-0.2, 0) is 4.79 Å². The highest BCUT2D eigenvalue weighted by Crippen LogP contribution is 2.33. The van der Waals surface area contributed by atoms with E-state index in [-0.39, 0.29) is 22.9 Å². The number of carbonyl (C=O) groups is 3. The summed E-state index contributed by atoms with van der Waals surface area (Å²) < 4.78 is 47.3. The van der Waals surface area contributed by atoms with Crippen molar-refractivity contribution in [2.45, 2.75) is 20.0 Å². The lowest BCUT2D eigenvalue weighted by Gasteiger charge is -2.13. The number of benzene rings is 2. The lowest BCUT2D eigenvalue weighted by molar-refractivity contribution is -0.116. The van der Waals surface area contributed by atoms with Crippen LogP contribution in [0.3, 0.4) is 0 Å². The van der Waals surface area contributed by atoms with Crippen molar-refractivity contribution in [1.82, 2.24) is 15.6 Å². The standard InChI is InChI=1S/C31H26F3N3O4/c1-18(2)14-27(38)19-10-11-21(16-20(15-19)31(32,33)34)37-29(39)25-8-4-7-24-23(25)6-5-9-28(24)41-22-12-13-36-26(17-22)30(40)35-3/h4-17,19H,1-3H3,(H,35,40)(H,37,39). The number of nitrogens with one attached hydrogen (secondary N) is 2. The maximum atomic E-state index is 13.8. The molecule has 0 radical (unpaired) electrons. The Hall–Kier alpha value is -4.99. The van der Waals surface area contributed by atoms with E-state index in [1.807, 2.05) is 0 Å². The molecule has 1 aliphatic carbocycles. The molecule has 2 amide bonds. The van der Waals surface area contributed by atoms with E-state index in [2.05, 4.69) is 15.6 Å². The minimum atomic E-state index is -4.73. The first-order valence-electron chi connectivity index (χ1n) is 12.5. The molecule has 1 unspecified atom stereocenters. The average Bonchev–Trinajstić information content (AvgIpc) is 3.15. The van der Waals surface area contributed by atoms with E-state index in [1.54, 1.807) is 56.3 Å². The fraction of sp³-hybridized carbons (Fsp3) is 0.161. The first-order chi connectivity index (χ1) is 19.5. The second-order valence-electron chi connectivity index (χ2n) is 9.40. The second kappa shape index (κ2) is 12.0. The number of rotatable bonds is 7. The summed E-state index contributed by atoms with van der Waals surface area (Å²) >= 11 is 0. The van der Waals surface area contributed by atoms with Crippen molar-refractivity contribution in [2.24, 2.45) is 5.92 Å². The number of hydrogen-bond acceptors (Lipinski definition) is 5. The minimum absolute atomic E-state index is 0.117. The number of carbonyl (C=O) groups excluding carboxylic acids is 3. The van der Waals surface area contributed by atoms with Crippen LogP contribution in [-0.4, -0.2) is 35.8 Å². The normalized spacial score (nSPS) is 14.8. The number of fused-ring (bicyclic) bond motifs is 1. The Morgan fingerprint density at radius 2 is 1.73 bits per heavy atom. The Balaban J connectivity index is 1.64. The number of ketones is 1. The SMILES string of the molecule is CNC(=O)c1cc(Oc2cccc3c(C(=O)NC4=CC(C(F)(F)F)=CC(C(=O)C=C(C)C)C=C4)cccc23)ccn1. The molecule has 7 nitrogen and oxygen atoms in total. The number of alkyl halides is 3. The highest BCUT2D eigenvalue weighted by Gasteiger charge is 2.34. The van der Waals surface area contributed by atoms with Gasteiger partial charge in [0.2, 0.25) is 0 Å². The first-order valence-corrected chi connectivity index (χ1v) is 12.5. The van der Waals surface area contributed by atoms with Gasteiger partial charge in [0.1, 0.15) is 17.2 Å². The molecule has 2 N–H and O–H groups in total. The maximum absolute atomic E-state index is 13.8. The summed E-state index contributed by atoms with van der Waals surface area (Å²) in [7, 11) is 1.48. The molecule has 3 aromatic rings. The summed E-state index contributed by atoms with van der Waals surface area (Å²) in [4.78, 5) is 41.7. The number of halogens is 3. The molecule has 210 valence electrons. The van der Waals surface area contributed by atoms with Gasteiger partial charge in [-0.05, 0) is 55.7 Å². The Labute approximate surface area is 234 Å². The summed E-state index contributed by atoms with van der Waals surface area (Å²) in [5.74, 6) is -1.93. The molecule has 0 spiro atoms. The van der Waals surface area contributed by atoms with Gasteiger partial charge in [0.05, 0.1) is 11.5 Å². The van der Waals surface area contributed by atoms with E-state index in [0.29, 0.717) is 27.8 Å². The van der Waals surface area contributed by atoms with Gasteiger partial charge in [-0.3, -0.25) is 19.4 Å². The Kier molecular flexibility index (Phi) is 8.51. The number of aromatic nitrogens is 1. The van der Waals surface area contributed by atoms with Gasteiger partial charge >= 0.3 is 6.18 Å². The number of hydrogen-bond donors (Lipinski definition) is 2. The van der Waals surface area contributed by atoms with Crippen LogP contribution in [0.4, 0.5) is 13.2 Å². The largest absolute Gasteiger partial charge is 0.457 e. The fourth-order valence-electron chi connectivity index (χ4n) is 4.15. The van der Waals surface area contributed by atoms with Crippen molar-refractivity contribution < 1.29 is 32.3 Å². The molecular formula is C31H26F3N3O4. The lowest BCUT2D eigenvalue weighted by atomic mass is 9.99. The lowest BCUT2D eigenvalue weighted by Crippen LogP contribution is -2.23. The summed E-state index contributed by atoms with van der Waals surface area (Å²) in [6.45, 7) is 3.35. The summed E-state index contributed by atoms with van der Waals surface area (Å²) in [5, 5.41) is 6.08. The van der Waals surface area contributed by atoms with Crippen molar-refractivity contribution in [3.05, 3.63) is 113 Å². The Morgan fingerprint density at radius 3 is 2.44 bits per heavy atom. The molecule has 0 saturated carbocycles. The van der Waals surface area contributed by atoms with E-state index >= 15 is 0 Å². The third kappa shape index (κ3) is 6.96. The fourth-order valence-corrected chi connectivity index (χ4v) is 4.15. The molecule has 0 bridgehead atoms. The molecule has 0 aliphatic heterocycles. The molecule has 0 saturated heterocycles. The monoisotopic (exact) mass is 561 g/mol. The summed E-state index contributed by atoms with van der Waals surface area (Å²) in [6, 6.07) is 13.0. The number of pyridine rings is 1. The number of allylic oxidation sites excluding steroid dienone is 7. The van der Waals surface area contributed by atoms with Gasteiger partial charge in [0.25, 0.3) is 11.8 Å². The van der Waals surface area contributed by atoms with Crippen LogP contribution < -0.4 is 15.4 Å². The second-order valence-corrected chi connectivity index (χ2v) is 9.40. The summed E-state index contributed by atoms with van der Waals surface area (Å²) in [5.41, 5.74) is -0.144. The predicted molar refractivity (Wildman–Crippen MR) is 148 cm³/mol. The van der Waals surface area contributed by atoms with E-state index in [4.69, 9.17) is 4.74 Å². The van der Waals surface area contributed by atoms with E-state index < -0.39 is 29.4 Å². The van der Waals surface area contributed by atoms with Crippen LogP contribution in [0.15, 0.2) is 102 Å². The van der Waals surface area contributed by atoms with Gasteiger partial charge in [-0.1, -0.05) is 42.0 Å². The van der Waals surface area contributed by atoms with Crippen molar-refractivity contribution in [2.75, 3.05) is 7.05 Å². The van der Waals surface area contributed by atoms with E-state index in [9.17, 15) is 27.6 Å². The molecule has 0 fully saturated rings. The molecule has 4 rings (SSSR count). The van der Waals surface area contributed by atoms with Gasteiger partial charge in [-0.2, -0.15) is 13.2 Å². The molecular weight excluding hydrogens is 535 g/mol. The van der Waals surface area contributed by atoms with Crippen LogP contribution in [0.2, 0.25) is 0 Å². The maximum Gasteiger partial charge on any atom is 0.416 e. The van der Waals surface area contributed by atoms with E-state index in [1.165, 1.54) is 37.5 Å². The highest BCUT2D eigenvalue weighted by atomic mass is 19.4. The first kappa shape index (κ1) is 29.0. The molecule has 1 aromatic heterocycles. The summed E-state index contributed by atoms with van der Waals surface area (Å²) in [6.07, 6.45) is 2.24. The molecule has 1 atom stereocenters. The topological polar surface area (TPSA) is 97.4 Å². The van der Waals surface area contributed by atoms with Crippen LogP contribution in [0.5, 0.6) is 11.5 Å². The van der Waals surface area contributed by atoms with E-state index in [0.717, 1.165) is 12.2 Å². The highest BCUT2D eigenvalue weighted by molar-refractivity contribution is 6.09. The zero-order valence-electron chi connectivity index (χ0n) is 22.4. The van der Waals surface area contributed by atoms with Crippen LogP contribution >= 0.6 is 0 Å². The van der Waals surface area contributed by atoms with Crippen molar-refractivity contribution in [1.29, 1.82) is 0 Å². The number of nitrogens with zero attached hydrogens (tertiary/aromatic N) is 1. The van der Waals surface area contributed by atoms with Gasteiger partial charge in [0, 0.05) is 36.0 Å². The zero-order chi connectivity index (χ0) is 29.7. The quantitative estimate of drug-likeness (QED) is 0.335. The van der Waals surface area contributed by atoms with Crippen LogP contribution in [0.1, 0.15) is 34.7 Å². The minimum Gasteiger partial charge on any atom is -0.457 e. The number of ether oxygens (including phenoxy) is 1. The molecule has 10 heteroatoms. The van der Waals surface area contributed by atoms with Gasteiger partial charge in [0.15, 0.2) is 5.78 Å². The third-order valence-corrected chi connectivity index (χ3v) is 6.04. The molecule has 1 heterocycles. The van der Waals surface area contributed by atoms with Crippen LogP contribution in [0, 0.1) is 5.92 Å². The van der Waals surface area contributed by atoms with Gasteiger partial charge < -0.3 is 15.4 Å². The molecule has 2 aromatic carbocycles. The van der Waals surface area contributed by atoms with Crippen molar-refractivity contribution in [3.63, 3.8) is 0 Å². The van der Waals surface area contributed by atoms with Gasteiger partial charge in [-0.25, -0.2) is 0 Å². The van der Waals surface area contributed by atoms with Gasteiger partial charge in [-0.15, -0.1) is 0 Å². The number of amides is 2. The van der Waals surface area contributed by atoms with Crippen LogP contribution in [0.25, 0.3) is 10.8 Å².